The maximum atomic E-state index is 3.44. The lowest BCUT2D eigenvalue weighted by Crippen LogP contribution is -2.29. The maximum Gasteiger partial charge on any atom is 0.0357 e. The van der Waals surface area contributed by atoms with Crippen LogP contribution < -0.4 is 5.32 Å². The molecular formula is C11H19N3. The first-order chi connectivity index (χ1) is 6.95. The number of aromatic nitrogens is 1. The zero-order chi connectivity index (χ0) is 9.64. The SMILES string of the molecule is c1c[nH]c(CNCCN2CCCC2)c1. The summed E-state index contributed by atoms with van der Waals surface area (Å²) in [5, 5.41) is 3.44. The van der Waals surface area contributed by atoms with E-state index in [4.69, 9.17) is 0 Å². The highest BCUT2D eigenvalue weighted by molar-refractivity contribution is 5.02. The van der Waals surface area contributed by atoms with Crippen LogP contribution in [0.2, 0.25) is 0 Å². The third-order valence-corrected chi connectivity index (χ3v) is 2.78. The molecule has 0 unspecified atom stereocenters. The molecule has 1 fully saturated rings. The van der Waals surface area contributed by atoms with Crippen molar-refractivity contribution in [3.05, 3.63) is 24.0 Å². The summed E-state index contributed by atoms with van der Waals surface area (Å²) in [7, 11) is 0. The molecule has 1 aromatic heterocycles. The number of rotatable bonds is 5. The Morgan fingerprint density at radius 2 is 2.21 bits per heavy atom. The van der Waals surface area contributed by atoms with Crippen LogP contribution in [-0.2, 0) is 6.54 Å². The Morgan fingerprint density at radius 3 is 2.93 bits per heavy atom. The largest absolute Gasteiger partial charge is 0.364 e. The molecule has 0 spiro atoms. The fourth-order valence-electron chi connectivity index (χ4n) is 1.94. The van der Waals surface area contributed by atoms with E-state index < -0.39 is 0 Å². The quantitative estimate of drug-likeness (QED) is 0.688. The Kier molecular flexibility index (Phi) is 3.60. The molecule has 3 heteroatoms. The topological polar surface area (TPSA) is 31.1 Å². The maximum absolute atomic E-state index is 3.44. The number of likely N-dealkylation sites (tertiary alicyclic amines) is 1. The molecule has 0 atom stereocenters. The molecule has 2 heterocycles. The van der Waals surface area contributed by atoms with E-state index in [-0.39, 0.29) is 0 Å². The second-order valence-electron chi connectivity index (χ2n) is 3.92. The van der Waals surface area contributed by atoms with Gasteiger partial charge in [-0.2, -0.15) is 0 Å². The fourth-order valence-corrected chi connectivity index (χ4v) is 1.94. The van der Waals surface area contributed by atoms with E-state index in [1.54, 1.807) is 0 Å². The molecular weight excluding hydrogens is 174 g/mol. The van der Waals surface area contributed by atoms with Gasteiger partial charge in [0, 0.05) is 31.5 Å². The highest BCUT2D eigenvalue weighted by Crippen LogP contribution is 2.05. The van der Waals surface area contributed by atoms with Crippen molar-refractivity contribution in [2.75, 3.05) is 26.2 Å². The van der Waals surface area contributed by atoms with E-state index >= 15 is 0 Å². The lowest BCUT2D eigenvalue weighted by molar-refractivity contribution is 0.335. The normalized spacial score (nSPS) is 17.7. The van der Waals surface area contributed by atoms with E-state index in [2.05, 4.69) is 21.3 Å². The minimum atomic E-state index is 0.959. The predicted octanol–water partition coefficient (Wildman–Crippen LogP) is 1.20. The first kappa shape index (κ1) is 9.74. The molecule has 1 saturated heterocycles. The molecule has 0 aromatic carbocycles. The van der Waals surface area contributed by atoms with Gasteiger partial charge >= 0.3 is 0 Å². The number of H-pyrrole nitrogens is 1. The summed E-state index contributed by atoms with van der Waals surface area (Å²) in [4.78, 5) is 5.72. The van der Waals surface area contributed by atoms with Crippen LogP contribution in [0.1, 0.15) is 18.5 Å². The zero-order valence-corrected chi connectivity index (χ0v) is 8.63. The van der Waals surface area contributed by atoms with Gasteiger partial charge in [0.1, 0.15) is 0 Å². The van der Waals surface area contributed by atoms with Crippen molar-refractivity contribution in [1.29, 1.82) is 0 Å². The Morgan fingerprint density at radius 1 is 1.36 bits per heavy atom. The van der Waals surface area contributed by atoms with Gasteiger partial charge in [0.2, 0.25) is 0 Å². The van der Waals surface area contributed by atoms with Crippen molar-refractivity contribution in [1.82, 2.24) is 15.2 Å². The standard InChI is InChI=1S/C11H19N3/c1-2-8-14(7-1)9-6-12-10-11-4-3-5-13-11/h3-5,12-13H,1-2,6-10H2. The summed E-state index contributed by atoms with van der Waals surface area (Å²) in [6, 6.07) is 4.15. The van der Waals surface area contributed by atoms with E-state index in [0.717, 1.165) is 13.1 Å². The second kappa shape index (κ2) is 5.17. The minimum absolute atomic E-state index is 0.959. The molecule has 3 nitrogen and oxygen atoms in total. The molecule has 0 bridgehead atoms. The number of nitrogens with zero attached hydrogens (tertiary/aromatic N) is 1. The van der Waals surface area contributed by atoms with Gasteiger partial charge in [0.25, 0.3) is 0 Å². The van der Waals surface area contributed by atoms with Gasteiger partial charge in [-0.1, -0.05) is 0 Å². The highest BCUT2D eigenvalue weighted by Gasteiger charge is 2.09. The Hall–Kier alpha value is -0.800. The smallest absolute Gasteiger partial charge is 0.0357 e. The molecule has 2 rings (SSSR count). The highest BCUT2D eigenvalue weighted by atomic mass is 15.1. The van der Waals surface area contributed by atoms with Crippen LogP contribution >= 0.6 is 0 Å². The summed E-state index contributed by atoms with van der Waals surface area (Å²) in [6.45, 7) is 5.84. The lowest BCUT2D eigenvalue weighted by Gasteiger charge is -2.14. The molecule has 0 saturated carbocycles. The van der Waals surface area contributed by atoms with Crippen molar-refractivity contribution < 1.29 is 0 Å². The van der Waals surface area contributed by atoms with Crippen LogP contribution in [0.4, 0.5) is 0 Å². The van der Waals surface area contributed by atoms with E-state index in [1.807, 2.05) is 12.3 Å². The summed E-state index contributed by atoms with van der Waals surface area (Å²) < 4.78 is 0. The van der Waals surface area contributed by atoms with E-state index in [1.165, 1.54) is 38.2 Å². The summed E-state index contributed by atoms with van der Waals surface area (Å²) in [6.07, 6.45) is 4.74. The lowest BCUT2D eigenvalue weighted by atomic mass is 10.4. The first-order valence-corrected chi connectivity index (χ1v) is 5.50. The number of hydrogen-bond acceptors (Lipinski definition) is 2. The number of aromatic amines is 1. The van der Waals surface area contributed by atoms with Crippen LogP contribution in [0.3, 0.4) is 0 Å². The Bertz CT molecular complexity index is 237. The van der Waals surface area contributed by atoms with E-state index in [9.17, 15) is 0 Å². The average molecular weight is 193 g/mol. The monoisotopic (exact) mass is 193 g/mol. The van der Waals surface area contributed by atoms with Crippen LogP contribution in [0.15, 0.2) is 18.3 Å². The molecule has 14 heavy (non-hydrogen) atoms. The van der Waals surface area contributed by atoms with Gasteiger partial charge in [0.15, 0.2) is 0 Å². The van der Waals surface area contributed by atoms with Crippen molar-refractivity contribution in [3.63, 3.8) is 0 Å². The first-order valence-electron chi connectivity index (χ1n) is 5.50. The van der Waals surface area contributed by atoms with Crippen LogP contribution in [0, 0.1) is 0 Å². The predicted molar refractivity (Wildman–Crippen MR) is 58.2 cm³/mol. The van der Waals surface area contributed by atoms with Gasteiger partial charge in [-0.3, -0.25) is 0 Å². The molecule has 1 aliphatic rings. The molecule has 78 valence electrons. The van der Waals surface area contributed by atoms with Gasteiger partial charge in [0.05, 0.1) is 0 Å². The molecule has 1 aromatic rings. The molecule has 0 aliphatic carbocycles. The van der Waals surface area contributed by atoms with Gasteiger partial charge in [-0.15, -0.1) is 0 Å². The fraction of sp³-hybridized carbons (Fsp3) is 0.636. The Labute approximate surface area is 85.5 Å². The van der Waals surface area contributed by atoms with Crippen molar-refractivity contribution in [3.8, 4) is 0 Å². The Balaban J connectivity index is 1.55. The third-order valence-electron chi connectivity index (χ3n) is 2.78. The van der Waals surface area contributed by atoms with Gasteiger partial charge in [-0.05, 0) is 38.1 Å². The molecule has 0 radical (unpaired) electrons. The summed E-state index contributed by atoms with van der Waals surface area (Å²) in [5.41, 5.74) is 1.27. The van der Waals surface area contributed by atoms with Crippen LogP contribution in [-0.4, -0.2) is 36.1 Å². The minimum Gasteiger partial charge on any atom is -0.364 e. The van der Waals surface area contributed by atoms with Crippen LogP contribution in [0.25, 0.3) is 0 Å². The number of nitrogens with one attached hydrogen (secondary N) is 2. The second-order valence-corrected chi connectivity index (χ2v) is 3.92. The zero-order valence-electron chi connectivity index (χ0n) is 8.63. The van der Waals surface area contributed by atoms with Crippen molar-refractivity contribution in [2.24, 2.45) is 0 Å². The van der Waals surface area contributed by atoms with Crippen molar-refractivity contribution >= 4 is 0 Å². The summed E-state index contributed by atoms with van der Waals surface area (Å²) in [5.74, 6) is 0. The van der Waals surface area contributed by atoms with Crippen LogP contribution in [0.5, 0.6) is 0 Å². The van der Waals surface area contributed by atoms with Gasteiger partial charge < -0.3 is 15.2 Å². The van der Waals surface area contributed by atoms with E-state index in [0.29, 0.717) is 0 Å². The molecule has 1 aliphatic heterocycles. The molecule has 2 N–H and O–H groups in total. The van der Waals surface area contributed by atoms with Gasteiger partial charge in [-0.25, -0.2) is 0 Å². The number of hydrogen-bond donors (Lipinski definition) is 2. The third kappa shape index (κ3) is 2.86. The van der Waals surface area contributed by atoms with Crippen molar-refractivity contribution in [2.45, 2.75) is 19.4 Å². The summed E-state index contributed by atoms with van der Waals surface area (Å²) >= 11 is 0. The molecule has 0 amide bonds. The average Bonchev–Trinajstić information content (AvgIpc) is 2.86.